The fourth-order valence-corrected chi connectivity index (χ4v) is 2.75. The van der Waals surface area contributed by atoms with E-state index in [9.17, 15) is 4.79 Å². The van der Waals surface area contributed by atoms with Gasteiger partial charge in [-0.25, -0.2) is 9.78 Å². The Morgan fingerprint density at radius 3 is 2.90 bits per heavy atom. The van der Waals surface area contributed by atoms with Crippen molar-refractivity contribution in [3.8, 4) is 0 Å². The van der Waals surface area contributed by atoms with Crippen LogP contribution >= 0.6 is 0 Å². The first-order chi connectivity index (χ1) is 10.3. The van der Waals surface area contributed by atoms with Crippen LogP contribution in [0.3, 0.4) is 0 Å². The van der Waals surface area contributed by atoms with E-state index in [2.05, 4.69) is 15.3 Å². The molecule has 3 heterocycles. The molecule has 0 radical (unpaired) electrons. The number of hydrogen-bond acceptors (Lipinski definition) is 3. The van der Waals surface area contributed by atoms with E-state index >= 15 is 0 Å². The first-order valence-corrected chi connectivity index (χ1v) is 7.25. The predicted octanol–water partition coefficient (Wildman–Crippen LogP) is 1.82. The fourth-order valence-electron chi connectivity index (χ4n) is 2.75. The van der Waals surface area contributed by atoms with Crippen molar-refractivity contribution in [2.24, 2.45) is 0 Å². The van der Waals surface area contributed by atoms with Crippen LogP contribution in [0.5, 0.6) is 0 Å². The summed E-state index contributed by atoms with van der Waals surface area (Å²) in [5.74, 6) is 0. The highest BCUT2D eigenvalue weighted by Crippen LogP contribution is 2.31. The van der Waals surface area contributed by atoms with Gasteiger partial charge in [-0.2, -0.15) is 0 Å². The zero-order chi connectivity index (χ0) is 14.5. The molecule has 21 heavy (non-hydrogen) atoms. The number of carbonyl (C=O) groups excluding carboxylic acids is 1. The summed E-state index contributed by atoms with van der Waals surface area (Å²) >= 11 is 0. The van der Waals surface area contributed by atoms with Gasteiger partial charge in [0.05, 0.1) is 12.4 Å². The average Bonchev–Trinajstić information content (AvgIpc) is 3.19. The minimum atomic E-state index is 0.00873. The van der Waals surface area contributed by atoms with E-state index in [-0.39, 0.29) is 12.1 Å². The van der Waals surface area contributed by atoms with E-state index in [0.717, 1.165) is 31.5 Å². The molecule has 3 rings (SSSR count). The molecule has 6 heteroatoms. The lowest BCUT2D eigenvalue weighted by atomic mass is 10.1. The zero-order valence-corrected chi connectivity index (χ0v) is 11.9. The molecular weight excluding hydrogens is 266 g/mol. The minimum Gasteiger partial charge on any atom is -0.336 e. The zero-order valence-electron chi connectivity index (χ0n) is 11.9. The number of nitrogens with one attached hydrogen (secondary N) is 1. The normalized spacial score (nSPS) is 17.9. The van der Waals surface area contributed by atoms with Gasteiger partial charge >= 0.3 is 6.03 Å². The van der Waals surface area contributed by atoms with E-state index in [1.54, 1.807) is 24.9 Å². The Morgan fingerprint density at radius 2 is 2.14 bits per heavy atom. The predicted molar refractivity (Wildman–Crippen MR) is 78.5 cm³/mol. The largest absolute Gasteiger partial charge is 0.336 e. The number of nitrogens with zero attached hydrogens (tertiary/aromatic N) is 4. The maximum atomic E-state index is 12.3. The first-order valence-electron chi connectivity index (χ1n) is 7.25. The molecule has 0 spiro atoms. The molecule has 1 aliphatic heterocycles. The summed E-state index contributed by atoms with van der Waals surface area (Å²) in [7, 11) is 0. The van der Waals surface area contributed by atoms with Crippen LogP contribution < -0.4 is 5.32 Å². The molecule has 6 nitrogen and oxygen atoms in total. The Hall–Kier alpha value is -2.37. The van der Waals surface area contributed by atoms with Gasteiger partial charge < -0.3 is 14.8 Å². The third-order valence-corrected chi connectivity index (χ3v) is 3.81. The Labute approximate surface area is 123 Å². The van der Waals surface area contributed by atoms with E-state index in [1.807, 2.05) is 27.8 Å². The second kappa shape index (κ2) is 6.39. The topological polar surface area (TPSA) is 63.1 Å². The Morgan fingerprint density at radius 1 is 1.29 bits per heavy atom. The molecule has 1 atom stereocenters. The molecule has 0 saturated carbocycles. The molecule has 0 aliphatic carbocycles. The molecule has 1 fully saturated rings. The molecule has 2 amide bonds. The van der Waals surface area contributed by atoms with Crippen LogP contribution in [0, 0.1) is 0 Å². The number of rotatable bonds is 4. The third-order valence-electron chi connectivity index (χ3n) is 3.81. The van der Waals surface area contributed by atoms with Gasteiger partial charge in [-0.05, 0) is 30.5 Å². The van der Waals surface area contributed by atoms with Gasteiger partial charge in [0.2, 0.25) is 0 Å². The summed E-state index contributed by atoms with van der Waals surface area (Å²) in [6.45, 7) is 2.15. The maximum absolute atomic E-state index is 12.3. The number of amides is 2. The van der Waals surface area contributed by atoms with Crippen LogP contribution in [-0.4, -0.2) is 38.6 Å². The van der Waals surface area contributed by atoms with Gasteiger partial charge in [-0.15, -0.1) is 0 Å². The van der Waals surface area contributed by atoms with Gasteiger partial charge in [0.25, 0.3) is 0 Å². The third kappa shape index (κ3) is 3.21. The molecule has 1 aliphatic rings. The minimum absolute atomic E-state index is 0.00873. The smallest absolute Gasteiger partial charge is 0.317 e. The van der Waals surface area contributed by atoms with Crippen molar-refractivity contribution in [2.45, 2.75) is 25.4 Å². The number of urea groups is 1. The number of hydrogen-bond donors (Lipinski definition) is 1. The summed E-state index contributed by atoms with van der Waals surface area (Å²) in [6, 6.07) is 4.15. The molecule has 2 aromatic rings. The molecule has 1 N–H and O–H groups in total. The summed E-state index contributed by atoms with van der Waals surface area (Å²) in [5.41, 5.74) is 1.16. The Bertz CT molecular complexity index is 569. The Balaban J connectivity index is 1.56. The molecule has 0 bridgehead atoms. The van der Waals surface area contributed by atoms with Gasteiger partial charge in [0.1, 0.15) is 0 Å². The Kier molecular flexibility index (Phi) is 4.14. The number of imidazole rings is 1. The second-order valence-corrected chi connectivity index (χ2v) is 5.16. The van der Waals surface area contributed by atoms with Crippen molar-refractivity contribution in [2.75, 3.05) is 13.1 Å². The van der Waals surface area contributed by atoms with Crippen molar-refractivity contribution >= 4 is 6.03 Å². The highest BCUT2D eigenvalue weighted by atomic mass is 16.2. The molecule has 0 unspecified atom stereocenters. The van der Waals surface area contributed by atoms with E-state index in [0.29, 0.717) is 6.54 Å². The summed E-state index contributed by atoms with van der Waals surface area (Å²) in [5, 5.41) is 2.99. The highest BCUT2D eigenvalue weighted by molar-refractivity contribution is 5.75. The highest BCUT2D eigenvalue weighted by Gasteiger charge is 2.29. The fraction of sp³-hybridized carbons (Fsp3) is 0.400. The summed E-state index contributed by atoms with van der Waals surface area (Å²) < 4.78 is 1.95. The molecular formula is C15H19N5O. The van der Waals surface area contributed by atoms with Crippen molar-refractivity contribution in [3.63, 3.8) is 0 Å². The maximum Gasteiger partial charge on any atom is 0.317 e. The van der Waals surface area contributed by atoms with Crippen molar-refractivity contribution in [1.82, 2.24) is 24.8 Å². The van der Waals surface area contributed by atoms with Crippen LogP contribution in [0.15, 0.2) is 43.2 Å². The van der Waals surface area contributed by atoms with Gasteiger partial charge in [0, 0.05) is 44.4 Å². The molecule has 110 valence electrons. The molecule has 2 aromatic heterocycles. The first kappa shape index (κ1) is 13.6. The quantitative estimate of drug-likeness (QED) is 0.932. The van der Waals surface area contributed by atoms with Crippen LogP contribution in [-0.2, 0) is 6.54 Å². The van der Waals surface area contributed by atoms with Crippen molar-refractivity contribution in [1.29, 1.82) is 0 Å². The molecule has 0 aromatic carbocycles. The SMILES string of the molecule is O=C(NCCn1ccnc1)N1CCC[C@H]1c1ccncc1. The van der Waals surface area contributed by atoms with Crippen LogP contribution in [0.4, 0.5) is 4.79 Å². The van der Waals surface area contributed by atoms with Crippen molar-refractivity contribution < 1.29 is 4.79 Å². The van der Waals surface area contributed by atoms with Gasteiger partial charge in [-0.1, -0.05) is 0 Å². The molecule has 1 saturated heterocycles. The number of carbonyl (C=O) groups is 1. The van der Waals surface area contributed by atoms with E-state index < -0.39 is 0 Å². The van der Waals surface area contributed by atoms with E-state index in [1.165, 1.54) is 0 Å². The summed E-state index contributed by atoms with van der Waals surface area (Å²) in [4.78, 5) is 22.3. The lowest BCUT2D eigenvalue weighted by molar-refractivity contribution is 0.192. The van der Waals surface area contributed by atoms with Crippen molar-refractivity contribution in [3.05, 3.63) is 48.8 Å². The standard InChI is InChI=1S/C15H19N5O/c21-15(18-8-11-19-10-7-17-12-19)20-9-1-2-14(20)13-3-5-16-6-4-13/h3-7,10,12,14H,1-2,8-9,11H2,(H,18,21)/t14-/m0/s1. The lowest BCUT2D eigenvalue weighted by Crippen LogP contribution is -2.40. The monoisotopic (exact) mass is 285 g/mol. The summed E-state index contributed by atoms with van der Waals surface area (Å²) in [6.07, 6.45) is 11.0. The number of pyridine rings is 1. The lowest BCUT2D eigenvalue weighted by Gasteiger charge is -2.25. The second-order valence-electron chi connectivity index (χ2n) is 5.16. The van der Waals surface area contributed by atoms with E-state index in [4.69, 9.17) is 0 Å². The van der Waals surface area contributed by atoms with Gasteiger partial charge in [-0.3, -0.25) is 4.98 Å². The average molecular weight is 285 g/mol. The number of aromatic nitrogens is 3. The van der Waals surface area contributed by atoms with Crippen LogP contribution in [0.25, 0.3) is 0 Å². The van der Waals surface area contributed by atoms with Gasteiger partial charge in [0.15, 0.2) is 0 Å². The van der Waals surface area contributed by atoms with Crippen LogP contribution in [0.2, 0.25) is 0 Å². The number of likely N-dealkylation sites (tertiary alicyclic amines) is 1. The van der Waals surface area contributed by atoms with Crippen LogP contribution in [0.1, 0.15) is 24.4 Å².